The zero-order valence-electron chi connectivity index (χ0n) is 13.8. The van der Waals surface area contributed by atoms with Crippen molar-refractivity contribution in [2.24, 2.45) is 0 Å². The molecule has 0 aliphatic carbocycles. The van der Waals surface area contributed by atoms with Crippen molar-refractivity contribution in [1.29, 1.82) is 0 Å². The number of carboxylic acids is 2. The number of rotatable bonds is 6. The second kappa shape index (κ2) is 10.6. The fourth-order valence-corrected chi connectivity index (χ4v) is 1.82. The number of carbonyl (C=O) groups is 3. The molecule has 0 fully saturated rings. The topological polar surface area (TPSA) is 101 Å². The Bertz CT molecular complexity index is 709. The summed E-state index contributed by atoms with van der Waals surface area (Å²) in [6.45, 7) is 2.31. The lowest BCUT2D eigenvalue weighted by Crippen LogP contribution is -2.12. The van der Waals surface area contributed by atoms with Crippen LogP contribution in [0, 0.1) is 0 Å². The number of hydrogen-bond donors (Lipinski definition) is 2. The van der Waals surface area contributed by atoms with Gasteiger partial charge in [-0.3, -0.25) is 0 Å². The van der Waals surface area contributed by atoms with E-state index in [0.29, 0.717) is 12.2 Å². The van der Waals surface area contributed by atoms with E-state index in [-0.39, 0.29) is 11.1 Å². The molecule has 0 heterocycles. The molecule has 0 bridgehead atoms. The van der Waals surface area contributed by atoms with Crippen molar-refractivity contribution in [3.63, 3.8) is 0 Å². The lowest BCUT2D eigenvalue weighted by molar-refractivity contribution is 0.0489. The van der Waals surface area contributed by atoms with Gasteiger partial charge in [0.05, 0.1) is 23.3 Å². The van der Waals surface area contributed by atoms with E-state index in [1.807, 2.05) is 6.92 Å². The maximum absolute atomic E-state index is 11.6. The summed E-state index contributed by atoms with van der Waals surface area (Å²) in [6.07, 6.45) is 1.70. The van der Waals surface area contributed by atoms with Crippen LogP contribution in [0.2, 0.25) is 0 Å². The fourth-order valence-electron chi connectivity index (χ4n) is 1.82. The van der Waals surface area contributed by atoms with E-state index in [1.165, 1.54) is 12.1 Å². The Kier molecular flexibility index (Phi) is 8.43. The predicted molar refractivity (Wildman–Crippen MR) is 92.0 cm³/mol. The van der Waals surface area contributed by atoms with Gasteiger partial charge in [0, 0.05) is 0 Å². The molecule has 2 rings (SSSR count). The molecule has 0 aromatic heterocycles. The lowest BCUT2D eigenvalue weighted by atomic mass is 10.1. The monoisotopic (exact) mass is 344 g/mol. The Morgan fingerprint density at radius 1 is 0.840 bits per heavy atom. The number of hydrogen-bond acceptors (Lipinski definition) is 4. The quantitative estimate of drug-likeness (QED) is 0.612. The van der Waals surface area contributed by atoms with E-state index in [1.54, 1.807) is 42.5 Å². The van der Waals surface area contributed by atoms with Gasteiger partial charge in [0.15, 0.2) is 0 Å². The first kappa shape index (κ1) is 19.9. The maximum Gasteiger partial charge on any atom is 0.339 e. The zero-order chi connectivity index (χ0) is 18.7. The van der Waals surface area contributed by atoms with Crippen LogP contribution in [0.3, 0.4) is 0 Å². The van der Waals surface area contributed by atoms with Crippen LogP contribution in [0.5, 0.6) is 0 Å². The molecule has 25 heavy (non-hydrogen) atoms. The van der Waals surface area contributed by atoms with Gasteiger partial charge in [-0.25, -0.2) is 14.4 Å². The normalized spacial score (nSPS) is 9.48. The largest absolute Gasteiger partial charge is 0.478 e. The van der Waals surface area contributed by atoms with Gasteiger partial charge < -0.3 is 14.9 Å². The van der Waals surface area contributed by atoms with Gasteiger partial charge in [-0.15, -0.1) is 0 Å². The first-order valence-electron chi connectivity index (χ1n) is 7.75. The average molecular weight is 344 g/mol. The van der Waals surface area contributed by atoms with Crippen molar-refractivity contribution >= 4 is 17.9 Å². The molecule has 6 nitrogen and oxygen atoms in total. The smallest absolute Gasteiger partial charge is 0.339 e. The first-order valence-corrected chi connectivity index (χ1v) is 7.75. The standard InChI is InChI=1S/C12H14O4.C7H6O2/c1-2-3-8-16-12(15)10-7-5-4-6-9(10)11(13)14;8-7(9)6-4-2-1-3-5-6/h4-7H,2-3,8H2,1H3,(H,13,14);1-5H,(H,8,9). The van der Waals surface area contributed by atoms with Crippen molar-refractivity contribution in [1.82, 2.24) is 0 Å². The molecule has 0 aliphatic rings. The molecule has 2 N–H and O–H groups in total. The molecule has 132 valence electrons. The Hall–Kier alpha value is -3.15. The molecule has 0 atom stereocenters. The highest BCUT2D eigenvalue weighted by molar-refractivity contribution is 6.02. The number of esters is 1. The third-order valence-electron chi connectivity index (χ3n) is 3.13. The summed E-state index contributed by atoms with van der Waals surface area (Å²) in [7, 11) is 0. The number of benzene rings is 2. The van der Waals surface area contributed by atoms with Gasteiger partial charge in [-0.2, -0.15) is 0 Å². The third kappa shape index (κ3) is 6.87. The van der Waals surface area contributed by atoms with Crippen molar-refractivity contribution in [2.75, 3.05) is 6.61 Å². The average Bonchev–Trinajstić information content (AvgIpc) is 2.63. The Morgan fingerprint density at radius 2 is 1.40 bits per heavy atom. The number of aromatic carboxylic acids is 2. The van der Waals surface area contributed by atoms with Crippen molar-refractivity contribution < 1.29 is 29.3 Å². The summed E-state index contributed by atoms with van der Waals surface area (Å²) < 4.78 is 4.96. The van der Waals surface area contributed by atoms with Crippen LogP contribution in [0.1, 0.15) is 50.8 Å². The van der Waals surface area contributed by atoms with E-state index >= 15 is 0 Å². The van der Waals surface area contributed by atoms with Gasteiger partial charge in [0.25, 0.3) is 0 Å². The summed E-state index contributed by atoms with van der Waals surface area (Å²) >= 11 is 0. The maximum atomic E-state index is 11.6. The number of unbranched alkanes of at least 4 members (excludes halogenated alkanes) is 1. The Balaban J connectivity index is 0.000000293. The Morgan fingerprint density at radius 3 is 1.88 bits per heavy atom. The summed E-state index contributed by atoms with van der Waals surface area (Å²) in [5, 5.41) is 17.3. The highest BCUT2D eigenvalue weighted by atomic mass is 16.5. The number of carboxylic acid groups (broad SMARTS) is 2. The molecule has 0 aliphatic heterocycles. The van der Waals surface area contributed by atoms with Crippen LogP contribution in [0.25, 0.3) is 0 Å². The van der Waals surface area contributed by atoms with E-state index in [4.69, 9.17) is 14.9 Å². The molecule has 6 heteroatoms. The first-order chi connectivity index (χ1) is 12.0. The van der Waals surface area contributed by atoms with Gasteiger partial charge in [0.2, 0.25) is 0 Å². The van der Waals surface area contributed by atoms with E-state index in [0.717, 1.165) is 12.8 Å². The van der Waals surface area contributed by atoms with Crippen LogP contribution in [0.15, 0.2) is 54.6 Å². The molecule has 0 spiro atoms. The van der Waals surface area contributed by atoms with Crippen molar-refractivity contribution in [3.05, 3.63) is 71.3 Å². The van der Waals surface area contributed by atoms with Crippen LogP contribution < -0.4 is 0 Å². The van der Waals surface area contributed by atoms with E-state index < -0.39 is 17.9 Å². The molecule has 2 aromatic carbocycles. The second-order valence-corrected chi connectivity index (χ2v) is 5.01. The third-order valence-corrected chi connectivity index (χ3v) is 3.13. The van der Waals surface area contributed by atoms with Gasteiger partial charge >= 0.3 is 17.9 Å². The predicted octanol–water partition coefficient (Wildman–Crippen LogP) is 3.73. The number of ether oxygens (including phenoxy) is 1. The van der Waals surface area contributed by atoms with Gasteiger partial charge in [-0.1, -0.05) is 43.7 Å². The second-order valence-electron chi connectivity index (χ2n) is 5.01. The SMILES string of the molecule is CCCCOC(=O)c1ccccc1C(=O)O.O=C(O)c1ccccc1. The summed E-state index contributed by atoms with van der Waals surface area (Å²) in [4.78, 5) is 32.6. The van der Waals surface area contributed by atoms with Crippen LogP contribution in [-0.2, 0) is 4.74 Å². The molecule has 0 unspecified atom stereocenters. The molecular formula is C19H20O6. The van der Waals surface area contributed by atoms with Crippen LogP contribution >= 0.6 is 0 Å². The van der Waals surface area contributed by atoms with Gasteiger partial charge in [-0.05, 0) is 30.7 Å². The van der Waals surface area contributed by atoms with Gasteiger partial charge in [0.1, 0.15) is 0 Å². The van der Waals surface area contributed by atoms with Crippen LogP contribution in [0.4, 0.5) is 0 Å². The lowest BCUT2D eigenvalue weighted by Gasteiger charge is -2.06. The molecule has 2 aromatic rings. The number of carbonyl (C=O) groups excluding carboxylic acids is 1. The molecular weight excluding hydrogens is 324 g/mol. The zero-order valence-corrected chi connectivity index (χ0v) is 13.8. The molecule has 0 saturated heterocycles. The molecule has 0 saturated carbocycles. The summed E-state index contributed by atoms with van der Waals surface area (Å²) in [6, 6.07) is 14.3. The van der Waals surface area contributed by atoms with E-state index in [9.17, 15) is 14.4 Å². The minimum Gasteiger partial charge on any atom is -0.478 e. The van der Waals surface area contributed by atoms with E-state index in [2.05, 4.69) is 0 Å². The highest BCUT2D eigenvalue weighted by Gasteiger charge is 2.16. The summed E-state index contributed by atoms with van der Waals surface area (Å²) in [5.41, 5.74) is 0.410. The van der Waals surface area contributed by atoms with Crippen molar-refractivity contribution in [3.8, 4) is 0 Å². The molecule has 0 amide bonds. The molecule has 0 radical (unpaired) electrons. The van der Waals surface area contributed by atoms with Crippen molar-refractivity contribution in [2.45, 2.75) is 19.8 Å². The highest BCUT2D eigenvalue weighted by Crippen LogP contribution is 2.10. The Labute approximate surface area is 145 Å². The minimum atomic E-state index is -1.12. The summed E-state index contributed by atoms with van der Waals surface area (Å²) in [5.74, 6) is -2.58. The minimum absolute atomic E-state index is 0.0241. The van der Waals surface area contributed by atoms with Crippen LogP contribution in [-0.4, -0.2) is 34.7 Å². The fraction of sp³-hybridized carbons (Fsp3) is 0.211.